The molecule has 1 fully saturated rings. The van der Waals surface area contributed by atoms with Crippen LogP contribution in [0.15, 0.2) is 12.1 Å². The molecule has 1 unspecified atom stereocenters. The number of rotatable bonds is 4. The third-order valence-corrected chi connectivity index (χ3v) is 3.85. The van der Waals surface area contributed by atoms with Crippen molar-refractivity contribution in [2.24, 2.45) is 0 Å². The van der Waals surface area contributed by atoms with E-state index in [4.69, 9.17) is 33.7 Å². The van der Waals surface area contributed by atoms with Gasteiger partial charge < -0.3 is 15.8 Å². The maximum Gasteiger partial charge on any atom is 0.225 e. The fraction of sp³-hybridized carbons (Fsp3) is 0.500. The number of nitrogen functional groups attached to an aromatic ring is 1. The third kappa shape index (κ3) is 4.74. The number of carbonyl (C=O) groups is 1. The minimum Gasteiger partial charge on any atom is -0.397 e. The second kappa shape index (κ2) is 7.31. The molecular weight excluding hydrogens is 313 g/mol. The molecule has 1 heterocycles. The van der Waals surface area contributed by atoms with Crippen molar-refractivity contribution >= 4 is 40.5 Å². The Bertz CT molecular complexity index is 502. The van der Waals surface area contributed by atoms with Gasteiger partial charge in [-0.25, -0.2) is 0 Å². The SMILES string of the molecule is CC1CN(CCC(=O)Nc2c(N)cc(Cl)cc2Cl)CCO1. The lowest BCUT2D eigenvalue weighted by atomic mass is 10.2. The number of carbonyl (C=O) groups excluding carboxylic acids is 1. The zero-order valence-electron chi connectivity index (χ0n) is 11.9. The van der Waals surface area contributed by atoms with Crippen molar-refractivity contribution in [3.8, 4) is 0 Å². The molecule has 116 valence electrons. The monoisotopic (exact) mass is 331 g/mol. The Morgan fingerprint density at radius 3 is 2.95 bits per heavy atom. The van der Waals surface area contributed by atoms with Crippen LogP contribution in [0.25, 0.3) is 0 Å². The molecule has 3 N–H and O–H groups in total. The predicted molar refractivity (Wildman–Crippen MR) is 86.0 cm³/mol. The van der Waals surface area contributed by atoms with Crippen LogP contribution in [-0.4, -0.2) is 43.2 Å². The van der Waals surface area contributed by atoms with Gasteiger partial charge in [0.15, 0.2) is 0 Å². The van der Waals surface area contributed by atoms with Gasteiger partial charge in [0.05, 0.1) is 29.1 Å². The summed E-state index contributed by atoms with van der Waals surface area (Å²) in [5, 5.41) is 3.53. The van der Waals surface area contributed by atoms with E-state index in [1.165, 1.54) is 0 Å². The van der Waals surface area contributed by atoms with E-state index in [2.05, 4.69) is 10.2 Å². The van der Waals surface area contributed by atoms with Gasteiger partial charge in [-0.3, -0.25) is 9.69 Å². The maximum absolute atomic E-state index is 12.0. The molecule has 0 aliphatic carbocycles. The molecule has 0 bridgehead atoms. The summed E-state index contributed by atoms with van der Waals surface area (Å²) in [6, 6.07) is 3.12. The van der Waals surface area contributed by atoms with E-state index >= 15 is 0 Å². The molecule has 1 aliphatic rings. The molecule has 21 heavy (non-hydrogen) atoms. The largest absolute Gasteiger partial charge is 0.397 e. The van der Waals surface area contributed by atoms with Crippen LogP contribution in [0.4, 0.5) is 11.4 Å². The number of hydrogen-bond donors (Lipinski definition) is 2. The molecule has 0 spiro atoms. The molecule has 0 aromatic heterocycles. The molecule has 1 amide bonds. The van der Waals surface area contributed by atoms with Crippen LogP contribution >= 0.6 is 23.2 Å². The van der Waals surface area contributed by atoms with Crippen LogP contribution in [0.1, 0.15) is 13.3 Å². The first-order valence-corrected chi connectivity index (χ1v) is 7.59. The summed E-state index contributed by atoms with van der Waals surface area (Å²) in [5.74, 6) is -0.120. The molecule has 7 heteroatoms. The van der Waals surface area contributed by atoms with E-state index in [-0.39, 0.29) is 12.0 Å². The quantitative estimate of drug-likeness (QED) is 0.832. The summed E-state index contributed by atoms with van der Waals surface area (Å²) in [4.78, 5) is 14.2. The average Bonchev–Trinajstić information content (AvgIpc) is 2.40. The molecule has 1 atom stereocenters. The van der Waals surface area contributed by atoms with Crippen LogP contribution in [0.2, 0.25) is 10.0 Å². The van der Waals surface area contributed by atoms with Crippen LogP contribution < -0.4 is 11.1 Å². The minimum atomic E-state index is -0.120. The van der Waals surface area contributed by atoms with Gasteiger partial charge in [-0.05, 0) is 19.1 Å². The van der Waals surface area contributed by atoms with E-state index in [0.29, 0.717) is 41.0 Å². The lowest BCUT2D eigenvalue weighted by Crippen LogP contribution is -2.42. The van der Waals surface area contributed by atoms with Gasteiger partial charge in [-0.15, -0.1) is 0 Å². The van der Waals surface area contributed by atoms with Gasteiger partial charge in [0.2, 0.25) is 5.91 Å². The fourth-order valence-corrected chi connectivity index (χ4v) is 2.84. The van der Waals surface area contributed by atoms with Crippen molar-refractivity contribution in [2.75, 3.05) is 37.3 Å². The standard InChI is InChI=1S/C14H19Cl2N3O2/c1-9-8-19(4-5-21-9)3-2-13(20)18-14-11(16)6-10(15)7-12(14)17/h6-7,9H,2-5,8,17H2,1H3,(H,18,20). The number of nitrogens with two attached hydrogens (primary N) is 1. The highest BCUT2D eigenvalue weighted by atomic mass is 35.5. The Morgan fingerprint density at radius 1 is 1.52 bits per heavy atom. The molecule has 5 nitrogen and oxygen atoms in total. The Balaban J connectivity index is 1.87. The number of nitrogens with one attached hydrogen (secondary N) is 1. The van der Waals surface area contributed by atoms with Crippen molar-refractivity contribution < 1.29 is 9.53 Å². The highest BCUT2D eigenvalue weighted by Crippen LogP contribution is 2.32. The Morgan fingerprint density at radius 2 is 2.29 bits per heavy atom. The summed E-state index contributed by atoms with van der Waals surface area (Å²) in [6.45, 7) is 5.11. The van der Waals surface area contributed by atoms with Crippen molar-refractivity contribution in [1.29, 1.82) is 0 Å². The Kier molecular flexibility index (Phi) is 5.70. The highest BCUT2D eigenvalue weighted by Gasteiger charge is 2.18. The summed E-state index contributed by atoms with van der Waals surface area (Å²) >= 11 is 11.9. The van der Waals surface area contributed by atoms with Gasteiger partial charge in [-0.1, -0.05) is 23.2 Å². The Labute approximate surface area is 134 Å². The number of morpholine rings is 1. The molecule has 1 aliphatic heterocycles. The van der Waals surface area contributed by atoms with E-state index in [9.17, 15) is 4.79 Å². The maximum atomic E-state index is 12.0. The number of nitrogens with zero attached hydrogens (tertiary/aromatic N) is 1. The number of anilines is 2. The van der Waals surface area contributed by atoms with E-state index in [1.807, 2.05) is 6.92 Å². The van der Waals surface area contributed by atoms with Crippen LogP contribution in [-0.2, 0) is 9.53 Å². The van der Waals surface area contributed by atoms with Gasteiger partial charge in [-0.2, -0.15) is 0 Å². The molecular formula is C14H19Cl2N3O2. The molecule has 1 aromatic rings. The number of amides is 1. The number of halogens is 2. The topological polar surface area (TPSA) is 67.6 Å². The van der Waals surface area contributed by atoms with Crippen molar-refractivity contribution in [1.82, 2.24) is 4.90 Å². The first kappa shape index (κ1) is 16.4. The van der Waals surface area contributed by atoms with Gasteiger partial charge >= 0.3 is 0 Å². The van der Waals surface area contributed by atoms with Gasteiger partial charge in [0, 0.05) is 31.1 Å². The first-order valence-electron chi connectivity index (χ1n) is 6.84. The second-order valence-corrected chi connectivity index (χ2v) is 5.98. The lowest BCUT2D eigenvalue weighted by molar-refractivity contribution is -0.117. The number of benzene rings is 1. The van der Waals surface area contributed by atoms with Crippen molar-refractivity contribution in [3.05, 3.63) is 22.2 Å². The van der Waals surface area contributed by atoms with Crippen LogP contribution in [0.3, 0.4) is 0 Å². The summed E-state index contributed by atoms with van der Waals surface area (Å²) in [7, 11) is 0. The minimum absolute atomic E-state index is 0.120. The van der Waals surface area contributed by atoms with E-state index < -0.39 is 0 Å². The molecule has 0 saturated carbocycles. The average molecular weight is 332 g/mol. The highest BCUT2D eigenvalue weighted by molar-refractivity contribution is 6.37. The predicted octanol–water partition coefficient (Wildman–Crippen LogP) is 2.62. The van der Waals surface area contributed by atoms with Gasteiger partial charge in [0.1, 0.15) is 0 Å². The van der Waals surface area contributed by atoms with Crippen molar-refractivity contribution in [2.45, 2.75) is 19.4 Å². The molecule has 1 saturated heterocycles. The summed E-state index contributed by atoms with van der Waals surface area (Å²) < 4.78 is 5.46. The summed E-state index contributed by atoms with van der Waals surface area (Å²) in [5.41, 5.74) is 6.60. The lowest BCUT2D eigenvalue weighted by Gasteiger charge is -2.30. The molecule has 2 rings (SSSR count). The summed E-state index contributed by atoms with van der Waals surface area (Å²) in [6.07, 6.45) is 0.591. The molecule has 1 aromatic carbocycles. The third-order valence-electron chi connectivity index (χ3n) is 3.33. The number of ether oxygens (including phenoxy) is 1. The van der Waals surface area contributed by atoms with E-state index in [0.717, 1.165) is 13.1 Å². The fourth-order valence-electron chi connectivity index (χ4n) is 2.28. The van der Waals surface area contributed by atoms with Crippen LogP contribution in [0, 0.1) is 0 Å². The first-order chi connectivity index (χ1) is 9.95. The number of hydrogen-bond acceptors (Lipinski definition) is 4. The Hall–Kier alpha value is -1.01. The van der Waals surface area contributed by atoms with Crippen LogP contribution in [0.5, 0.6) is 0 Å². The van der Waals surface area contributed by atoms with Crippen molar-refractivity contribution in [3.63, 3.8) is 0 Å². The second-order valence-electron chi connectivity index (χ2n) is 5.13. The van der Waals surface area contributed by atoms with Gasteiger partial charge in [0.25, 0.3) is 0 Å². The van der Waals surface area contributed by atoms with E-state index in [1.54, 1.807) is 12.1 Å². The molecule has 0 radical (unpaired) electrons. The zero-order valence-corrected chi connectivity index (χ0v) is 13.4. The normalized spacial score (nSPS) is 19.5. The smallest absolute Gasteiger partial charge is 0.225 e. The zero-order chi connectivity index (χ0) is 15.4.